The second kappa shape index (κ2) is 6.20. The number of rotatable bonds is 6. The molecule has 0 unspecified atom stereocenters. The van der Waals surface area contributed by atoms with E-state index in [0.717, 1.165) is 5.56 Å². The molecule has 0 saturated heterocycles. The van der Waals surface area contributed by atoms with E-state index in [-0.39, 0.29) is 17.9 Å². The van der Waals surface area contributed by atoms with Gasteiger partial charge in [0.2, 0.25) is 0 Å². The SMILES string of the molecule is O=C(O)CCS(=O)(=O)C/C=C/c1ccccc1. The number of carboxylic acids is 1. The van der Waals surface area contributed by atoms with Gasteiger partial charge in [-0.1, -0.05) is 42.5 Å². The van der Waals surface area contributed by atoms with E-state index in [9.17, 15) is 13.2 Å². The third-order valence-corrected chi connectivity index (χ3v) is 3.61. The molecule has 1 aromatic rings. The van der Waals surface area contributed by atoms with Gasteiger partial charge < -0.3 is 5.11 Å². The van der Waals surface area contributed by atoms with Gasteiger partial charge in [0.1, 0.15) is 0 Å². The Morgan fingerprint density at radius 1 is 1.24 bits per heavy atom. The highest BCUT2D eigenvalue weighted by Gasteiger charge is 2.10. The molecular formula is C12H14O4S. The average Bonchev–Trinajstić information content (AvgIpc) is 2.28. The van der Waals surface area contributed by atoms with Gasteiger partial charge in [0.25, 0.3) is 0 Å². The lowest BCUT2D eigenvalue weighted by molar-refractivity contribution is -0.136. The molecule has 1 N–H and O–H groups in total. The van der Waals surface area contributed by atoms with Gasteiger partial charge in [0.15, 0.2) is 9.84 Å². The Balaban J connectivity index is 2.50. The summed E-state index contributed by atoms with van der Waals surface area (Å²) in [5.41, 5.74) is 0.918. The van der Waals surface area contributed by atoms with E-state index in [4.69, 9.17) is 5.11 Å². The smallest absolute Gasteiger partial charge is 0.304 e. The molecule has 0 spiro atoms. The first-order valence-electron chi connectivity index (χ1n) is 5.13. The zero-order valence-electron chi connectivity index (χ0n) is 9.24. The summed E-state index contributed by atoms with van der Waals surface area (Å²) < 4.78 is 22.8. The Labute approximate surface area is 101 Å². The van der Waals surface area contributed by atoms with Crippen molar-refractivity contribution >= 4 is 21.9 Å². The molecule has 0 aliphatic rings. The highest BCUT2D eigenvalue weighted by molar-refractivity contribution is 7.91. The number of carbonyl (C=O) groups is 1. The largest absolute Gasteiger partial charge is 0.481 e. The molecule has 1 aromatic carbocycles. The fourth-order valence-electron chi connectivity index (χ4n) is 1.22. The minimum atomic E-state index is -3.31. The maximum absolute atomic E-state index is 11.4. The van der Waals surface area contributed by atoms with Gasteiger partial charge in [-0.3, -0.25) is 4.79 Å². The van der Waals surface area contributed by atoms with Crippen molar-refractivity contribution in [1.82, 2.24) is 0 Å². The Kier molecular flexibility index (Phi) is 4.90. The van der Waals surface area contributed by atoms with E-state index in [0.29, 0.717) is 0 Å². The molecule has 1 rings (SSSR count). The maximum Gasteiger partial charge on any atom is 0.304 e. The third kappa shape index (κ3) is 5.87. The van der Waals surface area contributed by atoms with E-state index in [1.807, 2.05) is 30.3 Å². The Hall–Kier alpha value is -1.62. The first-order chi connectivity index (χ1) is 7.99. The minimum Gasteiger partial charge on any atom is -0.481 e. The molecule has 0 amide bonds. The van der Waals surface area contributed by atoms with Gasteiger partial charge in [-0.2, -0.15) is 0 Å². The summed E-state index contributed by atoms with van der Waals surface area (Å²) >= 11 is 0. The van der Waals surface area contributed by atoms with Crippen molar-refractivity contribution in [2.45, 2.75) is 6.42 Å². The first kappa shape index (κ1) is 13.4. The van der Waals surface area contributed by atoms with Crippen molar-refractivity contribution in [2.24, 2.45) is 0 Å². The van der Waals surface area contributed by atoms with Gasteiger partial charge in [-0.15, -0.1) is 0 Å². The Morgan fingerprint density at radius 3 is 2.47 bits per heavy atom. The molecule has 17 heavy (non-hydrogen) atoms. The van der Waals surface area contributed by atoms with Gasteiger partial charge in [0, 0.05) is 0 Å². The number of aliphatic carboxylic acids is 1. The van der Waals surface area contributed by atoms with Gasteiger partial charge in [-0.05, 0) is 5.56 Å². The normalized spacial score (nSPS) is 11.8. The second-order valence-corrected chi connectivity index (χ2v) is 5.80. The van der Waals surface area contributed by atoms with E-state index in [1.165, 1.54) is 6.08 Å². The summed E-state index contributed by atoms with van der Waals surface area (Å²) in [4.78, 5) is 10.3. The van der Waals surface area contributed by atoms with Crippen molar-refractivity contribution in [1.29, 1.82) is 0 Å². The molecule has 0 aliphatic carbocycles. The molecule has 5 heteroatoms. The molecule has 0 heterocycles. The highest BCUT2D eigenvalue weighted by Crippen LogP contribution is 2.02. The number of hydrogen-bond donors (Lipinski definition) is 1. The number of sulfone groups is 1. The summed E-state index contributed by atoms with van der Waals surface area (Å²) in [5.74, 6) is -1.54. The van der Waals surface area contributed by atoms with Gasteiger partial charge in [0.05, 0.1) is 17.9 Å². The van der Waals surface area contributed by atoms with E-state index in [1.54, 1.807) is 6.08 Å². The Bertz CT molecular complexity index is 488. The molecule has 0 fully saturated rings. The lowest BCUT2D eigenvalue weighted by Gasteiger charge is -1.98. The van der Waals surface area contributed by atoms with Crippen LogP contribution in [-0.4, -0.2) is 31.0 Å². The maximum atomic E-state index is 11.4. The molecule has 4 nitrogen and oxygen atoms in total. The van der Waals surface area contributed by atoms with Crippen molar-refractivity contribution in [2.75, 3.05) is 11.5 Å². The second-order valence-electron chi connectivity index (χ2n) is 3.57. The van der Waals surface area contributed by atoms with E-state index >= 15 is 0 Å². The van der Waals surface area contributed by atoms with E-state index < -0.39 is 15.8 Å². The van der Waals surface area contributed by atoms with Crippen molar-refractivity contribution in [3.8, 4) is 0 Å². The molecule has 92 valence electrons. The van der Waals surface area contributed by atoms with E-state index in [2.05, 4.69) is 0 Å². The molecule has 0 aliphatic heterocycles. The van der Waals surface area contributed by atoms with Crippen LogP contribution in [0.5, 0.6) is 0 Å². The summed E-state index contributed by atoms with van der Waals surface area (Å²) in [6, 6.07) is 9.32. The van der Waals surface area contributed by atoms with Crippen molar-refractivity contribution in [3.63, 3.8) is 0 Å². The first-order valence-corrected chi connectivity index (χ1v) is 6.95. The predicted molar refractivity (Wildman–Crippen MR) is 66.4 cm³/mol. The quantitative estimate of drug-likeness (QED) is 0.836. The van der Waals surface area contributed by atoms with Crippen LogP contribution in [0.1, 0.15) is 12.0 Å². The van der Waals surface area contributed by atoms with Gasteiger partial charge in [-0.25, -0.2) is 8.42 Å². The van der Waals surface area contributed by atoms with Crippen molar-refractivity contribution < 1.29 is 18.3 Å². The van der Waals surface area contributed by atoms with Crippen LogP contribution < -0.4 is 0 Å². The standard InChI is InChI=1S/C12H14O4S/c13-12(14)8-10-17(15,16)9-4-7-11-5-2-1-3-6-11/h1-7H,8-10H2,(H,13,14)/b7-4+. The van der Waals surface area contributed by atoms with Crippen LogP contribution in [0.2, 0.25) is 0 Å². The fourth-order valence-corrected chi connectivity index (χ4v) is 2.26. The zero-order chi connectivity index (χ0) is 12.7. The van der Waals surface area contributed by atoms with Crippen LogP contribution >= 0.6 is 0 Å². The molecule has 0 radical (unpaired) electrons. The lowest BCUT2D eigenvalue weighted by atomic mass is 10.2. The van der Waals surface area contributed by atoms with Crippen LogP contribution in [-0.2, 0) is 14.6 Å². The van der Waals surface area contributed by atoms with Crippen LogP contribution in [0.3, 0.4) is 0 Å². The molecule has 0 saturated carbocycles. The number of hydrogen-bond acceptors (Lipinski definition) is 3. The summed E-state index contributed by atoms with van der Waals surface area (Å²) in [6.45, 7) is 0. The lowest BCUT2D eigenvalue weighted by Crippen LogP contribution is -2.12. The molecular weight excluding hydrogens is 240 g/mol. The molecule has 0 atom stereocenters. The van der Waals surface area contributed by atoms with Crippen LogP contribution in [0.15, 0.2) is 36.4 Å². The fraction of sp³-hybridized carbons (Fsp3) is 0.250. The minimum absolute atomic E-state index is 0.130. The van der Waals surface area contributed by atoms with Crippen LogP contribution in [0.25, 0.3) is 6.08 Å². The third-order valence-electron chi connectivity index (χ3n) is 2.09. The number of benzene rings is 1. The van der Waals surface area contributed by atoms with Crippen LogP contribution in [0, 0.1) is 0 Å². The predicted octanol–water partition coefficient (Wildman–Crippen LogP) is 1.59. The van der Waals surface area contributed by atoms with Gasteiger partial charge >= 0.3 is 5.97 Å². The van der Waals surface area contributed by atoms with Crippen molar-refractivity contribution in [3.05, 3.63) is 42.0 Å². The zero-order valence-corrected chi connectivity index (χ0v) is 10.1. The Morgan fingerprint density at radius 2 is 1.88 bits per heavy atom. The molecule has 0 bridgehead atoms. The van der Waals surface area contributed by atoms with Crippen LogP contribution in [0.4, 0.5) is 0 Å². The molecule has 0 aromatic heterocycles. The summed E-state index contributed by atoms with van der Waals surface area (Å²) in [7, 11) is -3.31. The highest BCUT2D eigenvalue weighted by atomic mass is 32.2. The monoisotopic (exact) mass is 254 g/mol. The summed E-state index contributed by atoms with van der Waals surface area (Å²) in [5, 5.41) is 8.40. The summed E-state index contributed by atoms with van der Waals surface area (Å²) in [6.07, 6.45) is 2.90. The number of carboxylic acid groups (broad SMARTS) is 1. The average molecular weight is 254 g/mol. The topological polar surface area (TPSA) is 71.4 Å².